The molecule has 1 aromatic carbocycles. The number of alkyl halides is 3. The van der Waals surface area contributed by atoms with Crippen molar-refractivity contribution in [1.29, 1.82) is 0 Å². The highest BCUT2D eigenvalue weighted by atomic mass is 32.2. The van der Waals surface area contributed by atoms with Crippen LogP contribution in [-0.4, -0.2) is 0 Å². The average Bonchev–Trinajstić information content (AvgIpc) is 2.80. The van der Waals surface area contributed by atoms with Gasteiger partial charge in [0.2, 0.25) is 0 Å². The van der Waals surface area contributed by atoms with Crippen molar-refractivity contribution in [2.45, 2.75) is 21.8 Å². The molecule has 1 heterocycles. The van der Waals surface area contributed by atoms with Crippen molar-refractivity contribution in [3.8, 4) is 0 Å². The van der Waals surface area contributed by atoms with E-state index in [4.69, 9.17) is 5.73 Å². The maximum Gasteiger partial charge on any atom is 0.416 e. The summed E-state index contributed by atoms with van der Waals surface area (Å²) < 4.78 is 39.5. The maximum atomic E-state index is 12.8. The van der Waals surface area contributed by atoms with Crippen LogP contribution in [0, 0.1) is 0 Å². The number of benzene rings is 1. The first-order valence-corrected chi connectivity index (χ1v) is 6.82. The standard InChI is InChI=1S/C12H10F3NS2/c13-12(14,15)10-6-9(4-3-8(10)7-16)18-11-2-1-5-17-11/h1-6H,7,16H2. The minimum atomic E-state index is -4.36. The average molecular weight is 289 g/mol. The van der Waals surface area contributed by atoms with Gasteiger partial charge in [-0.3, -0.25) is 0 Å². The largest absolute Gasteiger partial charge is 0.416 e. The SMILES string of the molecule is NCc1ccc(Sc2cccs2)cc1C(F)(F)F. The van der Waals surface area contributed by atoms with Gasteiger partial charge in [0.1, 0.15) is 0 Å². The second-order valence-corrected chi connectivity index (χ2v) is 5.88. The lowest BCUT2D eigenvalue weighted by Crippen LogP contribution is -2.11. The Hall–Kier alpha value is -0.980. The van der Waals surface area contributed by atoms with E-state index >= 15 is 0 Å². The summed E-state index contributed by atoms with van der Waals surface area (Å²) in [6.45, 7) is -0.112. The molecule has 2 rings (SSSR count). The van der Waals surface area contributed by atoms with E-state index < -0.39 is 11.7 Å². The molecule has 2 N–H and O–H groups in total. The van der Waals surface area contributed by atoms with E-state index in [1.807, 2.05) is 17.5 Å². The van der Waals surface area contributed by atoms with Gasteiger partial charge in [-0.15, -0.1) is 11.3 Å². The van der Waals surface area contributed by atoms with Crippen molar-refractivity contribution in [2.24, 2.45) is 5.73 Å². The third kappa shape index (κ3) is 3.07. The van der Waals surface area contributed by atoms with Crippen molar-refractivity contribution in [3.63, 3.8) is 0 Å². The summed E-state index contributed by atoms with van der Waals surface area (Å²) in [7, 11) is 0. The smallest absolute Gasteiger partial charge is 0.326 e. The van der Waals surface area contributed by atoms with Gasteiger partial charge in [0, 0.05) is 11.4 Å². The molecule has 0 bridgehead atoms. The summed E-state index contributed by atoms with van der Waals surface area (Å²) in [6, 6.07) is 8.01. The monoisotopic (exact) mass is 289 g/mol. The lowest BCUT2D eigenvalue weighted by molar-refractivity contribution is -0.138. The Bertz CT molecular complexity index is 521. The molecule has 0 aliphatic heterocycles. The third-order valence-corrected chi connectivity index (χ3v) is 4.35. The van der Waals surface area contributed by atoms with Gasteiger partial charge in [0.25, 0.3) is 0 Å². The molecule has 6 heteroatoms. The van der Waals surface area contributed by atoms with E-state index in [2.05, 4.69) is 0 Å². The van der Waals surface area contributed by atoms with Crippen LogP contribution in [0.2, 0.25) is 0 Å². The third-order valence-electron chi connectivity index (χ3n) is 2.32. The van der Waals surface area contributed by atoms with E-state index in [0.29, 0.717) is 4.90 Å². The minimum absolute atomic E-state index is 0.112. The highest BCUT2D eigenvalue weighted by molar-refractivity contribution is 8.01. The minimum Gasteiger partial charge on any atom is -0.326 e. The van der Waals surface area contributed by atoms with Crippen LogP contribution in [0.15, 0.2) is 44.8 Å². The fourth-order valence-corrected chi connectivity index (χ4v) is 3.29. The lowest BCUT2D eigenvalue weighted by atomic mass is 10.1. The van der Waals surface area contributed by atoms with Gasteiger partial charge in [-0.05, 0) is 29.1 Å². The van der Waals surface area contributed by atoms with Crippen LogP contribution in [0.1, 0.15) is 11.1 Å². The Labute approximate surface area is 111 Å². The zero-order valence-corrected chi connectivity index (χ0v) is 10.8. The normalized spacial score (nSPS) is 11.8. The fourth-order valence-electron chi connectivity index (χ4n) is 1.50. The number of rotatable bonds is 3. The highest BCUT2D eigenvalue weighted by Crippen LogP contribution is 2.37. The molecule has 0 aliphatic rings. The topological polar surface area (TPSA) is 26.0 Å². The van der Waals surface area contributed by atoms with Crippen LogP contribution in [0.25, 0.3) is 0 Å². The molecule has 0 amide bonds. The second kappa shape index (κ2) is 5.34. The number of nitrogens with two attached hydrogens (primary N) is 1. The van der Waals surface area contributed by atoms with Gasteiger partial charge in [0.05, 0.1) is 9.77 Å². The molecule has 96 valence electrons. The van der Waals surface area contributed by atoms with Crippen molar-refractivity contribution in [3.05, 3.63) is 46.8 Å². The number of hydrogen-bond acceptors (Lipinski definition) is 3. The highest BCUT2D eigenvalue weighted by Gasteiger charge is 2.33. The molecule has 0 saturated heterocycles. The van der Waals surface area contributed by atoms with Crippen LogP contribution >= 0.6 is 23.1 Å². The first-order chi connectivity index (χ1) is 8.50. The first kappa shape index (κ1) is 13.5. The fraction of sp³-hybridized carbons (Fsp3) is 0.167. The van der Waals surface area contributed by atoms with Crippen molar-refractivity contribution >= 4 is 23.1 Å². The molecular formula is C12H10F3NS2. The Morgan fingerprint density at radius 2 is 2.00 bits per heavy atom. The first-order valence-electron chi connectivity index (χ1n) is 5.12. The Kier molecular flexibility index (Phi) is 3.99. The van der Waals surface area contributed by atoms with Crippen LogP contribution in [0.5, 0.6) is 0 Å². The quantitative estimate of drug-likeness (QED) is 0.907. The molecule has 2 aromatic rings. The van der Waals surface area contributed by atoms with Gasteiger partial charge in [0.15, 0.2) is 0 Å². The molecule has 1 aromatic heterocycles. The van der Waals surface area contributed by atoms with Gasteiger partial charge >= 0.3 is 6.18 Å². The molecule has 0 aliphatic carbocycles. The van der Waals surface area contributed by atoms with Crippen LogP contribution in [0.3, 0.4) is 0 Å². The molecule has 0 spiro atoms. The molecule has 18 heavy (non-hydrogen) atoms. The van der Waals surface area contributed by atoms with Gasteiger partial charge < -0.3 is 5.73 Å². The van der Waals surface area contributed by atoms with E-state index in [1.54, 1.807) is 6.07 Å². The Morgan fingerprint density at radius 1 is 1.22 bits per heavy atom. The lowest BCUT2D eigenvalue weighted by Gasteiger charge is -2.12. The predicted molar refractivity (Wildman–Crippen MR) is 67.8 cm³/mol. The molecule has 1 nitrogen and oxygen atoms in total. The van der Waals surface area contributed by atoms with E-state index in [1.165, 1.54) is 29.2 Å². The zero-order chi connectivity index (χ0) is 13.2. The maximum absolute atomic E-state index is 12.8. The van der Waals surface area contributed by atoms with E-state index in [0.717, 1.165) is 10.3 Å². The Balaban J connectivity index is 2.34. The summed E-state index contributed by atoms with van der Waals surface area (Å²) in [6.07, 6.45) is -4.36. The summed E-state index contributed by atoms with van der Waals surface area (Å²) in [5.74, 6) is 0. The van der Waals surface area contributed by atoms with Crippen molar-refractivity contribution in [1.82, 2.24) is 0 Å². The van der Waals surface area contributed by atoms with Gasteiger partial charge in [-0.1, -0.05) is 23.9 Å². The predicted octanol–water partition coefficient (Wildman–Crippen LogP) is 4.38. The molecular weight excluding hydrogens is 279 g/mol. The Morgan fingerprint density at radius 3 is 2.56 bits per heavy atom. The molecule has 0 atom stereocenters. The van der Waals surface area contributed by atoms with E-state index in [-0.39, 0.29) is 12.1 Å². The molecule has 0 radical (unpaired) electrons. The molecule has 0 fully saturated rings. The van der Waals surface area contributed by atoms with Crippen molar-refractivity contribution < 1.29 is 13.2 Å². The van der Waals surface area contributed by atoms with Crippen LogP contribution in [-0.2, 0) is 12.7 Å². The van der Waals surface area contributed by atoms with Gasteiger partial charge in [-0.2, -0.15) is 13.2 Å². The second-order valence-electron chi connectivity index (χ2n) is 3.55. The summed E-state index contributed by atoms with van der Waals surface area (Å²) in [4.78, 5) is 0.571. The zero-order valence-electron chi connectivity index (χ0n) is 9.20. The number of halogens is 3. The summed E-state index contributed by atoms with van der Waals surface area (Å²) in [5.41, 5.74) is 4.81. The molecule has 0 unspecified atom stereocenters. The van der Waals surface area contributed by atoms with Crippen LogP contribution < -0.4 is 5.73 Å². The number of thiophene rings is 1. The summed E-state index contributed by atoms with van der Waals surface area (Å²) >= 11 is 2.82. The van der Waals surface area contributed by atoms with Crippen LogP contribution in [0.4, 0.5) is 13.2 Å². The number of hydrogen-bond donors (Lipinski definition) is 1. The molecule has 0 saturated carbocycles. The summed E-state index contributed by atoms with van der Waals surface area (Å²) in [5, 5.41) is 1.89. The van der Waals surface area contributed by atoms with E-state index in [9.17, 15) is 13.2 Å². The van der Waals surface area contributed by atoms with Crippen molar-refractivity contribution in [2.75, 3.05) is 0 Å². The van der Waals surface area contributed by atoms with Gasteiger partial charge in [-0.25, -0.2) is 0 Å².